The van der Waals surface area contributed by atoms with Crippen molar-refractivity contribution in [1.29, 1.82) is 0 Å². The number of aromatic nitrogens is 1. The van der Waals surface area contributed by atoms with Crippen LogP contribution in [0.2, 0.25) is 0 Å². The van der Waals surface area contributed by atoms with E-state index in [0.717, 1.165) is 0 Å². The number of alkyl halides is 3. The average Bonchev–Trinajstić information content (AvgIpc) is 2.65. The van der Waals surface area contributed by atoms with Gasteiger partial charge in [0.25, 0.3) is 0 Å². The number of benzene rings is 1. The van der Waals surface area contributed by atoms with Crippen molar-refractivity contribution in [2.75, 3.05) is 6.61 Å². The minimum absolute atomic E-state index is 0.0201. The molecule has 0 bridgehead atoms. The number of halogens is 4. The van der Waals surface area contributed by atoms with Gasteiger partial charge < -0.3 is 10.1 Å². The lowest BCUT2D eigenvalue weighted by Crippen LogP contribution is -2.47. The molecule has 0 aliphatic carbocycles. The SMILES string of the molecule is O=C(Cc1ccc(F)cc1)NNC(=O)NCc1ccc(OCC(F)(F)F)nc1. The van der Waals surface area contributed by atoms with Crippen LogP contribution in [0.4, 0.5) is 22.4 Å². The van der Waals surface area contributed by atoms with Gasteiger partial charge >= 0.3 is 12.2 Å². The van der Waals surface area contributed by atoms with Gasteiger partial charge in [0, 0.05) is 18.8 Å². The highest BCUT2D eigenvalue weighted by atomic mass is 19.4. The minimum atomic E-state index is -4.46. The van der Waals surface area contributed by atoms with Crippen molar-refractivity contribution >= 4 is 11.9 Å². The normalized spacial score (nSPS) is 10.9. The van der Waals surface area contributed by atoms with Gasteiger partial charge in [-0.05, 0) is 23.3 Å². The molecule has 0 unspecified atom stereocenters. The Kier molecular flexibility index (Phi) is 7.13. The van der Waals surface area contributed by atoms with Crippen LogP contribution < -0.4 is 20.9 Å². The molecule has 2 aromatic rings. The Bertz CT molecular complexity index is 796. The van der Waals surface area contributed by atoms with Gasteiger partial charge in [-0.2, -0.15) is 13.2 Å². The Labute approximate surface area is 157 Å². The summed E-state index contributed by atoms with van der Waals surface area (Å²) in [6.07, 6.45) is -3.26. The van der Waals surface area contributed by atoms with E-state index in [1.54, 1.807) is 0 Å². The van der Waals surface area contributed by atoms with E-state index in [9.17, 15) is 27.2 Å². The standard InChI is InChI=1S/C17H16F4N4O3/c18-13-4-1-11(2-5-13)7-14(26)24-25-16(27)23-9-12-3-6-15(22-8-12)28-10-17(19,20)21/h1-6,8H,7,9-10H2,(H,24,26)(H2,23,25,27). The van der Waals surface area contributed by atoms with Crippen LogP contribution in [0.15, 0.2) is 42.6 Å². The number of carbonyl (C=O) groups excluding carboxylic acids is 2. The van der Waals surface area contributed by atoms with Crippen LogP contribution in [0, 0.1) is 5.82 Å². The van der Waals surface area contributed by atoms with E-state index in [0.29, 0.717) is 11.1 Å². The average molecular weight is 400 g/mol. The molecule has 0 spiro atoms. The molecule has 1 aromatic heterocycles. The maximum atomic E-state index is 12.8. The number of pyridine rings is 1. The first-order valence-corrected chi connectivity index (χ1v) is 7.93. The zero-order valence-electron chi connectivity index (χ0n) is 14.3. The van der Waals surface area contributed by atoms with E-state index in [2.05, 4.69) is 25.9 Å². The van der Waals surface area contributed by atoms with Gasteiger partial charge in [0.15, 0.2) is 6.61 Å². The largest absolute Gasteiger partial charge is 0.468 e. The van der Waals surface area contributed by atoms with Crippen molar-refractivity contribution in [3.8, 4) is 5.88 Å². The molecule has 3 N–H and O–H groups in total. The second-order valence-electron chi connectivity index (χ2n) is 5.57. The molecule has 11 heteroatoms. The summed E-state index contributed by atoms with van der Waals surface area (Å²) in [5.74, 6) is -1.12. The topological polar surface area (TPSA) is 92.4 Å². The molecule has 0 aliphatic heterocycles. The van der Waals surface area contributed by atoms with Gasteiger partial charge in [0.1, 0.15) is 5.82 Å². The zero-order valence-corrected chi connectivity index (χ0v) is 14.3. The summed E-state index contributed by atoms with van der Waals surface area (Å²) in [5, 5.41) is 2.43. The predicted octanol–water partition coefficient (Wildman–Crippen LogP) is 2.23. The summed E-state index contributed by atoms with van der Waals surface area (Å²) in [4.78, 5) is 27.0. The number of amides is 3. The first-order valence-electron chi connectivity index (χ1n) is 7.93. The number of carbonyl (C=O) groups is 2. The van der Waals surface area contributed by atoms with E-state index >= 15 is 0 Å². The molecule has 2 rings (SSSR count). The molecule has 0 atom stereocenters. The number of hydrazine groups is 1. The molecule has 1 aromatic carbocycles. The minimum Gasteiger partial charge on any atom is -0.468 e. The Morgan fingerprint density at radius 2 is 1.68 bits per heavy atom. The van der Waals surface area contributed by atoms with Crippen LogP contribution in [-0.2, 0) is 17.8 Å². The Balaban J connectivity index is 1.69. The molecule has 0 saturated heterocycles. The summed E-state index contributed by atoms with van der Waals surface area (Å²) in [5.41, 5.74) is 5.40. The number of nitrogens with zero attached hydrogens (tertiary/aromatic N) is 1. The summed E-state index contributed by atoms with van der Waals surface area (Å²) in [6, 6.07) is 7.31. The van der Waals surface area contributed by atoms with E-state index in [1.165, 1.54) is 42.6 Å². The van der Waals surface area contributed by atoms with E-state index < -0.39 is 30.5 Å². The molecule has 7 nitrogen and oxygen atoms in total. The lowest BCUT2D eigenvalue weighted by atomic mass is 10.1. The third-order valence-corrected chi connectivity index (χ3v) is 3.23. The van der Waals surface area contributed by atoms with E-state index in [1.807, 2.05) is 0 Å². The Hall–Kier alpha value is -3.37. The van der Waals surface area contributed by atoms with Gasteiger partial charge in [0.05, 0.1) is 6.42 Å². The quantitative estimate of drug-likeness (QED) is 0.512. The van der Waals surface area contributed by atoms with Gasteiger partial charge in [-0.15, -0.1) is 0 Å². The third kappa shape index (κ3) is 7.89. The van der Waals surface area contributed by atoms with Crippen LogP contribution in [0.25, 0.3) is 0 Å². The fourth-order valence-electron chi connectivity index (χ4n) is 1.94. The highest BCUT2D eigenvalue weighted by Crippen LogP contribution is 2.16. The Morgan fingerprint density at radius 3 is 2.29 bits per heavy atom. The van der Waals surface area contributed by atoms with Crippen molar-refractivity contribution in [2.24, 2.45) is 0 Å². The summed E-state index contributed by atoms with van der Waals surface area (Å²) < 4.78 is 53.4. The number of rotatable bonds is 6. The first-order chi connectivity index (χ1) is 13.2. The second kappa shape index (κ2) is 9.53. The van der Waals surface area contributed by atoms with Crippen LogP contribution in [-0.4, -0.2) is 29.7 Å². The van der Waals surface area contributed by atoms with Crippen molar-refractivity contribution in [3.63, 3.8) is 0 Å². The second-order valence-corrected chi connectivity index (χ2v) is 5.57. The smallest absolute Gasteiger partial charge is 0.422 e. The summed E-state index contributed by atoms with van der Waals surface area (Å²) in [6.45, 7) is -1.43. The van der Waals surface area contributed by atoms with Gasteiger partial charge in [0.2, 0.25) is 11.8 Å². The molecular weight excluding hydrogens is 384 g/mol. The highest BCUT2D eigenvalue weighted by molar-refractivity contribution is 5.82. The molecule has 0 aliphatic rings. The first kappa shape index (κ1) is 20.9. The van der Waals surface area contributed by atoms with E-state index in [4.69, 9.17) is 0 Å². The number of nitrogens with one attached hydrogen (secondary N) is 3. The molecule has 150 valence electrons. The summed E-state index contributed by atoms with van der Waals surface area (Å²) in [7, 11) is 0. The van der Waals surface area contributed by atoms with Crippen molar-refractivity contribution in [2.45, 2.75) is 19.1 Å². The number of urea groups is 1. The van der Waals surface area contributed by atoms with E-state index in [-0.39, 0.29) is 18.8 Å². The van der Waals surface area contributed by atoms with Gasteiger partial charge in [-0.25, -0.2) is 19.6 Å². The third-order valence-electron chi connectivity index (χ3n) is 3.23. The number of hydrogen-bond acceptors (Lipinski definition) is 4. The van der Waals surface area contributed by atoms with Crippen molar-refractivity contribution in [1.82, 2.24) is 21.2 Å². The van der Waals surface area contributed by atoms with Crippen LogP contribution in [0.1, 0.15) is 11.1 Å². The fourth-order valence-corrected chi connectivity index (χ4v) is 1.94. The van der Waals surface area contributed by atoms with Gasteiger partial charge in [-0.1, -0.05) is 18.2 Å². The fraction of sp³-hybridized carbons (Fsp3) is 0.235. The molecule has 3 amide bonds. The molecule has 0 radical (unpaired) electrons. The Morgan fingerprint density at radius 1 is 1.00 bits per heavy atom. The van der Waals surface area contributed by atoms with Crippen molar-refractivity contribution in [3.05, 3.63) is 59.5 Å². The number of hydrogen-bond donors (Lipinski definition) is 3. The maximum Gasteiger partial charge on any atom is 0.422 e. The monoisotopic (exact) mass is 400 g/mol. The van der Waals surface area contributed by atoms with Crippen LogP contribution >= 0.6 is 0 Å². The van der Waals surface area contributed by atoms with Gasteiger partial charge in [-0.3, -0.25) is 10.2 Å². The molecular formula is C17H16F4N4O3. The highest BCUT2D eigenvalue weighted by Gasteiger charge is 2.28. The lowest BCUT2D eigenvalue weighted by Gasteiger charge is -2.10. The number of ether oxygens (including phenoxy) is 1. The predicted molar refractivity (Wildman–Crippen MR) is 89.4 cm³/mol. The molecule has 1 heterocycles. The zero-order chi connectivity index (χ0) is 20.6. The molecule has 0 saturated carbocycles. The van der Waals surface area contributed by atoms with Crippen molar-refractivity contribution < 1.29 is 31.9 Å². The molecule has 0 fully saturated rings. The lowest BCUT2D eigenvalue weighted by molar-refractivity contribution is -0.154. The van der Waals surface area contributed by atoms with Crippen LogP contribution in [0.5, 0.6) is 5.88 Å². The maximum absolute atomic E-state index is 12.8. The molecule has 28 heavy (non-hydrogen) atoms. The van der Waals surface area contributed by atoms with Crippen LogP contribution in [0.3, 0.4) is 0 Å². The summed E-state index contributed by atoms with van der Waals surface area (Å²) >= 11 is 0.